The number of pyridine rings is 1. The fraction of sp³-hybridized carbons (Fsp3) is 0.0769. The average Bonchev–Trinajstić information content (AvgIpc) is 2.38. The van der Waals surface area contributed by atoms with Crippen molar-refractivity contribution in [2.75, 3.05) is 7.11 Å². The number of halogens is 1. The molecule has 0 unspecified atom stereocenters. The molecule has 17 heavy (non-hydrogen) atoms. The minimum absolute atomic E-state index is 0.326. The van der Waals surface area contributed by atoms with Crippen molar-refractivity contribution in [2.24, 2.45) is 0 Å². The number of carbonyl (C=O) groups excluding carboxylic acids is 1. The molecule has 4 heteroatoms. The summed E-state index contributed by atoms with van der Waals surface area (Å²) in [6, 6.07) is 11.1. The first-order valence-electron chi connectivity index (χ1n) is 5.01. The van der Waals surface area contributed by atoms with Crippen LogP contribution in [0.2, 0.25) is 0 Å². The molecule has 0 radical (unpaired) electrons. The van der Waals surface area contributed by atoms with E-state index in [1.807, 2.05) is 24.3 Å². The highest BCUT2D eigenvalue weighted by atomic mass is 79.9. The summed E-state index contributed by atoms with van der Waals surface area (Å²) in [5.74, 6) is -0.326. The molecule has 0 aliphatic carbocycles. The monoisotopic (exact) mass is 291 g/mol. The molecule has 0 bridgehead atoms. The van der Waals surface area contributed by atoms with Crippen molar-refractivity contribution in [3.8, 4) is 11.1 Å². The number of methoxy groups -OCH3 is 1. The van der Waals surface area contributed by atoms with Crippen LogP contribution in [0.3, 0.4) is 0 Å². The van der Waals surface area contributed by atoms with Crippen LogP contribution < -0.4 is 0 Å². The Labute approximate surface area is 108 Å². The maximum atomic E-state index is 11.3. The SMILES string of the molecule is COC(=O)c1ccc(-c2ccnc(Br)c2)cc1. The van der Waals surface area contributed by atoms with Crippen molar-refractivity contribution in [1.82, 2.24) is 4.98 Å². The third-order valence-corrected chi connectivity index (χ3v) is 2.80. The van der Waals surface area contributed by atoms with Crippen molar-refractivity contribution < 1.29 is 9.53 Å². The number of aromatic nitrogens is 1. The third-order valence-electron chi connectivity index (χ3n) is 2.37. The third kappa shape index (κ3) is 2.71. The molecule has 3 nitrogen and oxygen atoms in total. The van der Waals surface area contributed by atoms with E-state index in [9.17, 15) is 4.79 Å². The summed E-state index contributed by atoms with van der Waals surface area (Å²) >= 11 is 3.32. The topological polar surface area (TPSA) is 39.2 Å². The van der Waals surface area contributed by atoms with Crippen LogP contribution in [0.1, 0.15) is 10.4 Å². The van der Waals surface area contributed by atoms with E-state index in [4.69, 9.17) is 0 Å². The smallest absolute Gasteiger partial charge is 0.337 e. The second kappa shape index (κ2) is 5.10. The molecule has 0 atom stereocenters. The van der Waals surface area contributed by atoms with E-state index in [-0.39, 0.29) is 5.97 Å². The summed E-state index contributed by atoms with van der Waals surface area (Å²) in [4.78, 5) is 15.3. The Bertz CT molecular complexity index is 537. The fourth-order valence-electron chi connectivity index (χ4n) is 1.50. The highest BCUT2D eigenvalue weighted by Crippen LogP contribution is 2.21. The van der Waals surface area contributed by atoms with Gasteiger partial charge in [-0.05, 0) is 51.3 Å². The molecule has 2 aromatic rings. The number of hydrogen-bond donors (Lipinski definition) is 0. The van der Waals surface area contributed by atoms with Crippen LogP contribution in [0.5, 0.6) is 0 Å². The van der Waals surface area contributed by atoms with Gasteiger partial charge in [-0.3, -0.25) is 0 Å². The number of esters is 1. The quantitative estimate of drug-likeness (QED) is 0.629. The predicted molar refractivity (Wildman–Crippen MR) is 68.7 cm³/mol. The lowest BCUT2D eigenvalue weighted by atomic mass is 10.1. The van der Waals surface area contributed by atoms with Gasteiger partial charge in [-0.15, -0.1) is 0 Å². The van der Waals surface area contributed by atoms with E-state index in [1.165, 1.54) is 7.11 Å². The van der Waals surface area contributed by atoms with Crippen molar-refractivity contribution in [2.45, 2.75) is 0 Å². The maximum absolute atomic E-state index is 11.3. The molecule has 0 spiro atoms. The zero-order valence-corrected chi connectivity index (χ0v) is 10.8. The van der Waals surface area contributed by atoms with E-state index in [0.717, 1.165) is 15.7 Å². The maximum Gasteiger partial charge on any atom is 0.337 e. The molecule has 0 aliphatic rings. The van der Waals surface area contributed by atoms with Gasteiger partial charge in [0.15, 0.2) is 0 Å². The van der Waals surface area contributed by atoms with Crippen LogP contribution in [0, 0.1) is 0 Å². The first kappa shape index (κ1) is 11.8. The number of nitrogens with zero attached hydrogens (tertiary/aromatic N) is 1. The number of rotatable bonds is 2. The summed E-state index contributed by atoms with van der Waals surface area (Å²) in [5.41, 5.74) is 2.62. The standard InChI is InChI=1S/C13H10BrNO2/c1-17-13(16)10-4-2-9(3-5-10)11-6-7-15-12(14)8-11/h2-8H,1H3. The van der Waals surface area contributed by atoms with Crippen molar-refractivity contribution in [1.29, 1.82) is 0 Å². The Morgan fingerprint density at radius 1 is 1.18 bits per heavy atom. The van der Waals surface area contributed by atoms with Crippen molar-refractivity contribution in [3.63, 3.8) is 0 Å². The lowest BCUT2D eigenvalue weighted by Gasteiger charge is -2.03. The lowest BCUT2D eigenvalue weighted by Crippen LogP contribution is -2.00. The summed E-state index contributed by atoms with van der Waals surface area (Å²) in [5, 5.41) is 0. The minimum atomic E-state index is -0.326. The van der Waals surface area contributed by atoms with Gasteiger partial charge in [0.1, 0.15) is 4.60 Å². The molecule has 0 N–H and O–H groups in total. The van der Waals surface area contributed by atoms with Crippen molar-refractivity contribution in [3.05, 3.63) is 52.8 Å². The second-order valence-electron chi connectivity index (χ2n) is 3.44. The molecule has 0 saturated heterocycles. The number of hydrogen-bond acceptors (Lipinski definition) is 3. The molecule has 0 amide bonds. The van der Waals surface area contributed by atoms with E-state index in [0.29, 0.717) is 5.56 Å². The van der Waals surface area contributed by atoms with Gasteiger partial charge in [0.2, 0.25) is 0 Å². The van der Waals surface area contributed by atoms with E-state index < -0.39 is 0 Å². The van der Waals surface area contributed by atoms with Gasteiger partial charge in [0, 0.05) is 6.20 Å². The zero-order valence-electron chi connectivity index (χ0n) is 9.18. The zero-order chi connectivity index (χ0) is 12.3. The Morgan fingerprint density at radius 3 is 2.47 bits per heavy atom. The summed E-state index contributed by atoms with van der Waals surface area (Å²) < 4.78 is 5.43. The van der Waals surface area contributed by atoms with Gasteiger partial charge in [0.05, 0.1) is 12.7 Å². The largest absolute Gasteiger partial charge is 0.465 e. The highest BCUT2D eigenvalue weighted by Gasteiger charge is 2.05. The Balaban J connectivity index is 2.32. The molecule has 1 aromatic heterocycles. The molecule has 0 fully saturated rings. The minimum Gasteiger partial charge on any atom is -0.465 e. The van der Waals surface area contributed by atoms with Crippen LogP contribution >= 0.6 is 15.9 Å². The summed E-state index contributed by atoms with van der Waals surface area (Å²) in [7, 11) is 1.37. The van der Waals surface area contributed by atoms with Crippen LogP contribution in [-0.2, 0) is 4.74 Å². The number of ether oxygens (including phenoxy) is 1. The van der Waals surface area contributed by atoms with Crippen molar-refractivity contribution >= 4 is 21.9 Å². The summed E-state index contributed by atoms with van der Waals surface area (Å²) in [6.07, 6.45) is 1.73. The fourth-order valence-corrected chi connectivity index (χ4v) is 1.86. The molecule has 0 saturated carbocycles. The Hall–Kier alpha value is -1.68. The Kier molecular flexibility index (Phi) is 3.54. The highest BCUT2D eigenvalue weighted by molar-refractivity contribution is 9.10. The van der Waals surface area contributed by atoms with Gasteiger partial charge >= 0.3 is 5.97 Å². The Morgan fingerprint density at radius 2 is 1.88 bits per heavy atom. The first-order chi connectivity index (χ1) is 8.20. The van der Waals surface area contributed by atoms with Crippen LogP contribution in [0.4, 0.5) is 0 Å². The van der Waals surface area contributed by atoms with Gasteiger partial charge in [-0.2, -0.15) is 0 Å². The van der Waals surface area contributed by atoms with Crippen LogP contribution in [0.15, 0.2) is 47.2 Å². The molecule has 86 valence electrons. The van der Waals surface area contributed by atoms with E-state index in [2.05, 4.69) is 25.7 Å². The molecule has 1 aromatic carbocycles. The van der Waals surface area contributed by atoms with E-state index in [1.54, 1.807) is 18.3 Å². The normalized spacial score (nSPS) is 10.0. The molecule has 0 aliphatic heterocycles. The first-order valence-corrected chi connectivity index (χ1v) is 5.80. The molecular weight excluding hydrogens is 282 g/mol. The lowest BCUT2D eigenvalue weighted by molar-refractivity contribution is 0.0601. The number of carbonyl (C=O) groups is 1. The van der Waals surface area contributed by atoms with Gasteiger partial charge in [-0.1, -0.05) is 12.1 Å². The molecule has 2 rings (SSSR count). The molecular formula is C13H10BrNO2. The molecule has 1 heterocycles. The second-order valence-corrected chi connectivity index (χ2v) is 4.25. The van der Waals surface area contributed by atoms with Gasteiger partial charge in [-0.25, -0.2) is 9.78 Å². The average molecular weight is 292 g/mol. The van der Waals surface area contributed by atoms with Gasteiger partial charge in [0.25, 0.3) is 0 Å². The van der Waals surface area contributed by atoms with Gasteiger partial charge < -0.3 is 4.74 Å². The van der Waals surface area contributed by atoms with Crippen LogP contribution in [-0.4, -0.2) is 18.1 Å². The predicted octanol–water partition coefficient (Wildman–Crippen LogP) is 3.30. The van der Waals surface area contributed by atoms with Crippen LogP contribution in [0.25, 0.3) is 11.1 Å². The van der Waals surface area contributed by atoms with E-state index >= 15 is 0 Å². The summed E-state index contributed by atoms with van der Waals surface area (Å²) in [6.45, 7) is 0. The number of benzene rings is 1.